The molecule has 0 amide bonds. The number of halogens is 1. The van der Waals surface area contributed by atoms with Crippen molar-refractivity contribution in [2.24, 2.45) is 0 Å². The van der Waals surface area contributed by atoms with Crippen LogP contribution in [-0.2, 0) is 16.1 Å². The maximum absolute atomic E-state index is 10.5. The molecule has 1 aromatic rings. The van der Waals surface area contributed by atoms with Gasteiger partial charge < -0.3 is 9.53 Å². The van der Waals surface area contributed by atoms with Gasteiger partial charge in [-0.3, -0.25) is 0 Å². The Balaban J connectivity index is 2.32. The van der Waals surface area contributed by atoms with Crippen LogP contribution >= 0.6 is 11.6 Å². The second-order valence-electron chi connectivity index (χ2n) is 3.37. The molecule has 0 heterocycles. The van der Waals surface area contributed by atoms with E-state index < -0.39 is 4.87 Å². The molecule has 76 valence electrons. The number of hydrogen-bond donors (Lipinski definition) is 0. The SMILES string of the molecule is CC(Cl)(C=O)COCc1ccccc1. The highest BCUT2D eigenvalue weighted by Crippen LogP contribution is 2.12. The highest BCUT2D eigenvalue weighted by atomic mass is 35.5. The van der Waals surface area contributed by atoms with E-state index in [0.29, 0.717) is 12.9 Å². The van der Waals surface area contributed by atoms with E-state index in [0.717, 1.165) is 5.56 Å². The van der Waals surface area contributed by atoms with Gasteiger partial charge in [0.05, 0.1) is 13.2 Å². The Morgan fingerprint density at radius 1 is 1.43 bits per heavy atom. The maximum Gasteiger partial charge on any atom is 0.142 e. The van der Waals surface area contributed by atoms with Crippen molar-refractivity contribution in [3.05, 3.63) is 35.9 Å². The van der Waals surface area contributed by atoms with Crippen LogP contribution in [0.25, 0.3) is 0 Å². The summed E-state index contributed by atoms with van der Waals surface area (Å²) in [6, 6.07) is 9.76. The van der Waals surface area contributed by atoms with Gasteiger partial charge in [0.2, 0.25) is 0 Å². The van der Waals surface area contributed by atoms with Crippen molar-refractivity contribution in [1.82, 2.24) is 0 Å². The lowest BCUT2D eigenvalue weighted by molar-refractivity contribution is -0.111. The van der Waals surface area contributed by atoms with Crippen molar-refractivity contribution in [3.63, 3.8) is 0 Å². The fourth-order valence-corrected chi connectivity index (χ4v) is 1.05. The first-order valence-corrected chi connectivity index (χ1v) is 4.79. The molecule has 0 saturated carbocycles. The minimum absolute atomic E-state index is 0.229. The standard InChI is InChI=1S/C11H13ClO2/c1-11(12,8-13)9-14-7-10-5-3-2-4-6-10/h2-6,8H,7,9H2,1H3. The summed E-state index contributed by atoms with van der Waals surface area (Å²) in [7, 11) is 0. The number of benzene rings is 1. The number of ether oxygens (including phenoxy) is 1. The third-order valence-corrected chi connectivity index (χ3v) is 1.94. The zero-order chi connectivity index (χ0) is 10.4. The van der Waals surface area contributed by atoms with E-state index in [2.05, 4.69) is 0 Å². The first-order chi connectivity index (χ1) is 6.64. The number of aldehydes is 1. The third-order valence-electron chi connectivity index (χ3n) is 1.74. The van der Waals surface area contributed by atoms with E-state index in [9.17, 15) is 4.79 Å². The van der Waals surface area contributed by atoms with Crippen LogP contribution in [0.3, 0.4) is 0 Å². The van der Waals surface area contributed by atoms with Gasteiger partial charge in [0.25, 0.3) is 0 Å². The maximum atomic E-state index is 10.5. The zero-order valence-electron chi connectivity index (χ0n) is 8.07. The second-order valence-corrected chi connectivity index (χ2v) is 4.24. The molecule has 0 fully saturated rings. The summed E-state index contributed by atoms with van der Waals surface area (Å²) in [5.41, 5.74) is 1.07. The number of carbonyl (C=O) groups is 1. The first-order valence-electron chi connectivity index (χ1n) is 4.41. The van der Waals surface area contributed by atoms with E-state index in [1.54, 1.807) is 6.92 Å². The second kappa shape index (κ2) is 5.13. The Bertz CT molecular complexity index is 283. The van der Waals surface area contributed by atoms with Crippen molar-refractivity contribution in [1.29, 1.82) is 0 Å². The Morgan fingerprint density at radius 2 is 2.07 bits per heavy atom. The molecule has 0 bridgehead atoms. The molecular weight excluding hydrogens is 200 g/mol. The average molecular weight is 213 g/mol. The fourth-order valence-electron chi connectivity index (χ4n) is 0.977. The van der Waals surface area contributed by atoms with Gasteiger partial charge in [0.15, 0.2) is 0 Å². The van der Waals surface area contributed by atoms with Gasteiger partial charge >= 0.3 is 0 Å². The van der Waals surface area contributed by atoms with E-state index in [1.807, 2.05) is 30.3 Å². The van der Waals surface area contributed by atoms with Crippen LogP contribution in [0.4, 0.5) is 0 Å². The Labute approximate surface area is 88.8 Å². The van der Waals surface area contributed by atoms with Crippen molar-refractivity contribution in [2.75, 3.05) is 6.61 Å². The van der Waals surface area contributed by atoms with E-state index >= 15 is 0 Å². The summed E-state index contributed by atoms with van der Waals surface area (Å²) >= 11 is 5.79. The van der Waals surface area contributed by atoms with Gasteiger partial charge in [0, 0.05) is 0 Å². The summed E-state index contributed by atoms with van der Waals surface area (Å²) in [6.45, 7) is 2.34. The number of alkyl halides is 1. The minimum atomic E-state index is -0.908. The first kappa shape index (κ1) is 11.2. The van der Waals surface area contributed by atoms with Crippen LogP contribution in [0.2, 0.25) is 0 Å². The molecule has 0 aliphatic carbocycles. The molecule has 14 heavy (non-hydrogen) atoms. The number of hydrogen-bond acceptors (Lipinski definition) is 2. The summed E-state index contributed by atoms with van der Waals surface area (Å²) in [5.74, 6) is 0. The minimum Gasteiger partial charge on any atom is -0.374 e. The van der Waals surface area contributed by atoms with Crippen molar-refractivity contribution in [3.8, 4) is 0 Å². The summed E-state index contributed by atoms with van der Waals surface area (Å²) in [5, 5.41) is 0. The van der Waals surface area contributed by atoms with Gasteiger partial charge in [-0.25, -0.2) is 0 Å². The van der Waals surface area contributed by atoms with Crippen LogP contribution in [0.5, 0.6) is 0 Å². The Kier molecular flexibility index (Phi) is 4.11. The highest BCUT2D eigenvalue weighted by Gasteiger charge is 2.19. The van der Waals surface area contributed by atoms with E-state index in [4.69, 9.17) is 16.3 Å². The van der Waals surface area contributed by atoms with Crippen molar-refractivity contribution < 1.29 is 9.53 Å². The summed E-state index contributed by atoms with van der Waals surface area (Å²) < 4.78 is 5.31. The third kappa shape index (κ3) is 3.90. The van der Waals surface area contributed by atoms with Gasteiger partial charge in [-0.05, 0) is 12.5 Å². The van der Waals surface area contributed by atoms with Gasteiger partial charge in [0.1, 0.15) is 11.2 Å². The molecule has 1 rings (SSSR count). The molecule has 0 aromatic heterocycles. The van der Waals surface area contributed by atoms with Gasteiger partial charge in [-0.15, -0.1) is 11.6 Å². The van der Waals surface area contributed by atoms with Crippen LogP contribution < -0.4 is 0 Å². The van der Waals surface area contributed by atoms with Crippen LogP contribution in [0.15, 0.2) is 30.3 Å². The molecule has 0 spiro atoms. The van der Waals surface area contributed by atoms with Crippen molar-refractivity contribution in [2.45, 2.75) is 18.4 Å². The van der Waals surface area contributed by atoms with E-state index in [-0.39, 0.29) is 6.61 Å². The van der Waals surface area contributed by atoms with Gasteiger partial charge in [-0.1, -0.05) is 30.3 Å². The monoisotopic (exact) mass is 212 g/mol. The molecule has 0 N–H and O–H groups in total. The molecule has 1 atom stereocenters. The smallest absolute Gasteiger partial charge is 0.142 e. The van der Waals surface area contributed by atoms with Gasteiger partial charge in [-0.2, -0.15) is 0 Å². The van der Waals surface area contributed by atoms with Crippen LogP contribution in [-0.4, -0.2) is 17.8 Å². The lowest BCUT2D eigenvalue weighted by atomic mass is 10.2. The molecular formula is C11H13ClO2. The topological polar surface area (TPSA) is 26.3 Å². The number of rotatable bonds is 5. The van der Waals surface area contributed by atoms with Crippen LogP contribution in [0, 0.1) is 0 Å². The summed E-state index contributed by atoms with van der Waals surface area (Å²) in [4.78, 5) is 9.55. The zero-order valence-corrected chi connectivity index (χ0v) is 8.83. The molecule has 3 heteroatoms. The molecule has 0 aliphatic rings. The highest BCUT2D eigenvalue weighted by molar-refractivity contribution is 6.31. The predicted molar refractivity (Wildman–Crippen MR) is 56.4 cm³/mol. The van der Waals surface area contributed by atoms with E-state index in [1.165, 1.54) is 0 Å². The normalized spacial score (nSPS) is 14.7. The molecule has 0 saturated heterocycles. The number of carbonyl (C=O) groups excluding carboxylic acids is 1. The molecule has 0 aliphatic heterocycles. The lowest BCUT2D eigenvalue weighted by Crippen LogP contribution is -2.25. The average Bonchev–Trinajstić information content (AvgIpc) is 2.19. The molecule has 1 unspecified atom stereocenters. The predicted octanol–water partition coefficient (Wildman–Crippen LogP) is 2.40. The molecule has 2 nitrogen and oxygen atoms in total. The molecule has 1 aromatic carbocycles. The molecule has 0 radical (unpaired) electrons. The lowest BCUT2D eigenvalue weighted by Gasteiger charge is -2.13. The fraction of sp³-hybridized carbons (Fsp3) is 0.364. The summed E-state index contributed by atoms with van der Waals surface area (Å²) in [6.07, 6.45) is 0.694. The van der Waals surface area contributed by atoms with Crippen molar-refractivity contribution >= 4 is 17.9 Å². The Hall–Kier alpha value is -0.860. The van der Waals surface area contributed by atoms with Crippen LogP contribution in [0.1, 0.15) is 12.5 Å². The quantitative estimate of drug-likeness (QED) is 0.554. The Morgan fingerprint density at radius 3 is 2.64 bits per heavy atom. The largest absolute Gasteiger partial charge is 0.374 e.